The Morgan fingerprint density at radius 3 is 2.53 bits per heavy atom. The van der Waals surface area contributed by atoms with Crippen molar-refractivity contribution in [2.24, 2.45) is 23.2 Å². The number of hydrogen-bond donors (Lipinski definition) is 1. The number of hydrogen-bond acceptors (Lipinski definition) is 6. The van der Waals surface area contributed by atoms with E-state index in [1.807, 2.05) is 32.9 Å². The molecule has 5 unspecified atom stereocenters. The van der Waals surface area contributed by atoms with E-state index in [1.165, 1.54) is 6.42 Å². The molecule has 6 rings (SSSR count). The van der Waals surface area contributed by atoms with Crippen molar-refractivity contribution in [2.45, 2.75) is 96.9 Å². The Balaban J connectivity index is 1.41. The van der Waals surface area contributed by atoms with Gasteiger partial charge in [-0.05, 0) is 88.7 Å². The van der Waals surface area contributed by atoms with Gasteiger partial charge in [0.2, 0.25) is 5.91 Å². The molecule has 1 heterocycles. The summed E-state index contributed by atoms with van der Waals surface area (Å²) in [6.45, 7) is 12.4. The third-order valence-corrected chi connectivity index (χ3v) is 8.93. The Labute approximate surface area is 215 Å². The zero-order valence-corrected chi connectivity index (χ0v) is 22.7. The molecule has 0 aromatic heterocycles. The maximum atomic E-state index is 12.9. The summed E-state index contributed by atoms with van der Waals surface area (Å²) in [5.41, 5.74) is 0.423. The molecule has 4 aliphatic carbocycles. The van der Waals surface area contributed by atoms with Gasteiger partial charge >= 0.3 is 13.1 Å². The van der Waals surface area contributed by atoms with Crippen molar-refractivity contribution in [3.63, 3.8) is 0 Å². The van der Waals surface area contributed by atoms with Crippen LogP contribution in [0.4, 0.5) is 0 Å². The fraction of sp³-hybridized carbons (Fsp3) is 0.714. The first-order valence-corrected chi connectivity index (χ1v) is 13.4. The number of para-hydroxylation sites is 1. The van der Waals surface area contributed by atoms with Gasteiger partial charge in [-0.1, -0.05) is 26.0 Å². The average Bonchev–Trinajstić information content (AvgIpc) is 3.57. The lowest BCUT2D eigenvalue weighted by Gasteiger charge is -2.64. The molecule has 1 saturated heterocycles. The van der Waals surface area contributed by atoms with Gasteiger partial charge in [-0.15, -0.1) is 0 Å². The summed E-state index contributed by atoms with van der Waals surface area (Å²) in [4.78, 5) is 25.8. The molecule has 1 N–H and O–H groups in total. The van der Waals surface area contributed by atoms with Gasteiger partial charge in [0.05, 0.1) is 24.8 Å². The van der Waals surface area contributed by atoms with Crippen molar-refractivity contribution in [3.05, 3.63) is 29.3 Å². The van der Waals surface area contributed by atoms with Gasteiger partial charge in [-0.2, -0.15) is 0 Å². The highest BCUT2D eigenvalue weighted by Crippen LogP contribution is 2.65. The predicted molar refractivity (Wildman–Crippen MR) is 137 cm³/mol. The Morgan fingerprint density at radius 1 is 1.19 bits per heavy atom. The summed E-state index contributed by atoms with van der Waals surface area (Å²) in [5, 5.41) is 3.22. The number of carbonyl (C=O) groups is 2. The van der Waals surface area contributed by atoms with Crippen molar-refractivity contribution in [1.82, 2.24) is 5.32 Å². The van der Waals surface area contributed by atoms with E-state index in [1.54, 1.807) is 13.2 Å². The van der Waals surface area contributed by atoms with E-state index in [2.05, 4.69) is 26.1 Å². The number of carbonyl (C=O) groups excluding carboxylic acids is 2. The number of amides is 1. The van der Waals surface area contributed by atoms with E-state index in [9.17, 15) is 9.59 Å². The Morgan fingerprint density at radius 2 is 1.92 bits per heavy atom. The number of ether oxygens (including phenoxy) is 2. The van der Waals surface area contributed by atoms with E-state index in [0.29, 0.717) is 29.6 Å². The molecule has 0 radical (unpaired) electrons. The molecule has 0 spiro atoms. The standard InChI is InChI=1S/C28H40BNO6/c1-26(2,3)34-25(32)19-10-8-9-17(23(19)33-7)13-22(30-24(31)16-11-12-16)29-35-21-15-18-14-20(27(18,4)5)28(21,6)36-29/h8-10,16,18,20-22H,11-15H2,1-7H3,(H,30,31). The van der Waals surface area contributed by atoms with Gasteiger partial charge in [0, 0.05) is 5.92 Å². The van der Waals surface area contributed by atoms with Crippen molar-refractivity contribution >= 4 is 19.0 Å². The van der Waals surface area contributed by atoms with E-state index in [4.69, 9.17) is 18.8 Å². The second kappa shape index (κ2) is 8.76. The number of esters is 1. The van der Waals surface area contributed by atoms with Gasteiger partial charge in [0.1, 0.15) is 16.9 Å². The lowest BCUT2D eigenvalue weighted by Crippen LogP contribution is -2.65. The first-order valence-electron chi connectivity index (χ1n) is 13.4. The van der Waals surface area contributed by atoms with Gasteiger partial charge in [-0.25, -0.2) is 4.79 Å². The Hall–Kier alpha value is -2.06. The maximum Gasteiger partial charge on any atom is 0.482 e. The van der Waals surface area contributed by atoms with Crippen LogP contribution in [0.15, 0.2) is 18.2 Å². The summed E-state index contributed by atoms with van der Waals surface area (Å²) >= 11 is 0. The second-order valence-corrected chi connectivity index (χ2v) is 12.9. The monoisotopic (exact) mass is 497 g/mol. The van der Waals surface area contributed by atoms with Crippen LogP contribution in [0.1, 0.15) is 83.1 Å². The molecule has 7 nitrogen and oxygen atoms in total. The summed E-state index contributed by atoms with van der Waals surface area (Å²) in [6.07, 6.45) is 4.43. The van der Waals surface area contributed by atoms with E-state index in [-0.39, 0.29) is 28.9 Å². The molecule has 5 atom stereocenters. The summed E-state index contributed by atoms with van der Waals surface area (Å²) in [7, 11) is 0.991. The lowest BCUT2D eigenvalue weighted by molar-refractivity contribution is -0.199. The number of benzene rings is 1. The highest BCUT2D eigenvalue weighted by atomic mass is 16.7. The first kappa shape index (κ1) is 25.6. The maximum absolute atomic E-state index is 12.9. The predicted octanol–water partition coefficient (Wildman–Crippen LogP) is 4.36. The van der Waals surface area contributed by atoms with E-state index >= 15 is 0 Å². The zero-order chi connectivity index (χ0) is 26.0. The molecule has 8 heteroatoms. The van der Waals surface area contributed by atoms with Crippen LogP contribution in [0.3, 0.4) is 0 Å². The summed E-state index contributed by atoms with van der Waals surface area (Å²) in [5.74, 6) is 0.809. The van der Waals surface area contributed by atoms with Crippen molar-refractivity contribution < 1.29 is 28.4 Å². The number of nitrogens with one attached hydrogen (secondary N) is 1. The van der Waals surface area contributed by atoms with Crippen LogP contribution in [0.5, 0.6) is 5.75 Å². The topological polar surface area (TPSA) is 83.1 Å². The molecule has 2 bridgehead atoms. The lowest BCUT2D eigenvalue weighted by atomic mass is 9.43. The largest absolute Gasteiger partial charge is 0.496 e. The molecule has 5 aliphatic rings. The number of rotatable bonds is 7. The first-order chi connectivity index (χ1) is 16.8. The van der Waals surface area contributed by atoms with Gasteiger partial charge in [-0.3, -0.25) is 4.79 Å². The summed E-state index contributed by atoms with van der Waals surface area (Å²) < 4.78 is 24.6. The molecule has 5 fully saturated rings. The fourth-order valence-electron chi connectivity index (χ4n) is 6.65. The minimum absolute atomic E-state index is 0.0228. The fourth-order valence-corrected chi connectivity index (χ4v) is 6.65. The highest BCUT2D eigenvalue weighted by Gasteiger charge is 2.68. The second-order valence-electron chi connectivity index (χ2n) is 12.9. The average molecular weight is 497 g/mol. The minimum atomic E-state index is -0.620. The van der Waals surface area contributed by atoms with E-state index in [0.717, 1.165) is 24.8 Å². The number of methoxy groups -OCH3 is 1. The normalized spacial score (nSPS) is 31.2. The smallest absolute Gasteiger partial charge is 0.482 e. The quantitative estimate of drug-likeness (QED) is 0.446. The van der Waals surface area contributed by atoms with Gasteiger partial charge < -0.3 is 24.1 Å². The van der Waals surface area contributed by atoms with Crippen molar-refractivity contribution in [2.75, 3.05) is 7.11 Å². The van der Waals surface area contributed by atoms with Crippen LogP contribution in [-0.2, 0) is 25.3 Å². The van der Waals surface area contributed by atoms with Crippen LogP contribution in [0.25, 0.3) is 0 Å². The summed E-state index contributed by atoms with van der Waals surface area (Å²) in [6, 6.07) is 5.46. The third kappa shape index (κ3) is 4.45. The molecule has 1 aromatic carbocycles. The van der Waals surface area contributed by atoms with Gasteiger partial charge in [0.15, 0.2) is 0 Å². The third-order valence-electron chi connectivity index (χ3n) is 8.93. The van der Waals surface area contributed by atoms with Crippen LogP contribution in [0, 0.1) is 23.2 Å². The highest BCUT2D eigenvalue weighted by molar-refractivity contribution is 6.48. The molecule has 1 amide bonds. The zero-order valence-electron chi connectivity index (χ0n) is 22.7. The van der Waals surface area contributed by atoms with Crippen molar-refractivity contribution in [3.8, 4) is 5.75 Å². The van der Waals surface area contributed by atoms with Crippen LogP contribution in [0.2, 0.25) is 0 Å². The molecular weight excluding hydrogens is 457 g/mol. The molecule has 4 saturated carbocycles. The SMILES string of the molecule is COc1c(CC(NC(=O)C2CC2)B2OC3CC4CC(C4(C)C)C3(C)O2)cccc1C(=O)OC(C)(C)C. The Kier molecular flexibility index (Phi) is 6.23. The molecule has 196 valence electrons. The molecular formula is C28H40BNO6. The van der Waals surface area contributed by atoms with Crippen LogP contribution >= 0.6 is 0 Å². The minimum Gasteiger partial charge on any atom is -0.496 e. The molecule has 36 heavy (non-hydrogen) atoms. The van der Waals surface area contributed by atoms with Crippen LogP contribution < -0.4 is 10.1 Å². The van der Waals surface area contributed by atoms with Gasteiger partial charge in [0.25, 0.3) is 0 Å². The van der Waals surface area contributed by atoms with Crippen molar-refractivity contribution in [1.29, 1.82) is 0 Å². The van der Waals surface area contributed by atoms with E-state index < -0.39 is 24.6 Å². The van der Waals surface area contributed by atoms with Crippen LogP contribution in [-0.4, -0.2) is 49.4 Å². The molecule has 1 aromatic rings. The molecule has 1 aliphatic heterocycles. The Bertz CT molecular complexity index is 1050.